The van der Waals surface area contributed by atoms with Gasteiger partial charge in [0.15, 0.2) is 0 Å². The summed E-state index contributed by atoms with van der Waals surface area (Å²) in [6.45, 7) is 4.15. The number of aryl methyl sites for hydroxylation is 1. The molecule has 0 saturated heterocycles. The van der Waals surface area contributed by atoms with Gasteiger partial charge in [-0.1, -0.05) is 24.3 Å². The maximum atomic E-state index is 10.9. The molecule has 0 unspecified atom stereocenters. The number of aromatic nitrogens is 1. The van der Waals surface area contributed by atoms with E-state index in [1.807, 2.05) is 19.1 Å². The van der Waals surface area contributed by atoms with Gasteiger partial charge in [0.1, 0.15) is 17.1 Å². The standard InChI is InChI=1S/C25H27NO2/c1-16-21-12-15-25(13-5-14-25)28-24(21)17(2)20(23(16)27)11-10-19-9-8-18-6-3-4-7-22(18)26-19/h3-4,6-9,27H,5,10-15H2,1-2H3. The Labute approximate surface area is 166 Å². The van der Waals surface area contributed by atoms with E-state index in [1.54, 1.807) is 0 Å². The predicted molar refractivity (Wildman–Crippen MR) is 112 cm³/mol. The van der Waals surface area contributed by atoms with Crippen LogP contribution in [0.4, 0.5) is 0 Å². The molecule has 1 aliphatic carbocycles. The number of pyridine rings is 1. The van der Waals surface area contributed by atoms with E-state index in [4.69, 9.17) is 9.72 Å². The Morgan fingerprint density at radius 1 is 1.00 bits per heavy atom. The highest BCUT2D eigenvalue weighted by Crippen LogP contribution is 2.49. The van der Waals surface area contributed by atoms with Crippen LogP contribution in [0.25, 0.3) is 10.9 Å². The van der Waals surface area contributed by atoms with Crippen LogP contribution in [0.2, 0.25) is 0 Å². The molecule has 28 heavy (non-hydrogen) atoms. The van der Waals surface area contributed by atoms with E-state index in [0.29, 0.717) is 5.75 Å². The van der Waals surface area contributed by atoms with Crippen molar-refractivity contribution in [1.82, 2.24) is 4.98 Å². The molecule has 0 bridgehead atoms. The normalized spacial score (nSPS) is 17.2. The molecule has 0 atom stereocenters. The zero-order valence-electron chi connectivity index (χ0n) is 16.7. The number of benzene rings is 2. The number of ether oxygens (including phenoxy) is 1. The summed E-state index contributed by atoms with van der Waals surface area (Å²) in [4.78, 5) is 4.79. The van der Waals surface area contributed by atoms with Crippen molar-refractivity contribution in [2.45, 2.75) is 64.4 Å². The van der Waals surface area contributed by atoms with Gasteiger partial charge < -0.3 is 9.84 Å². The highest BCUT2D eigenvalue weighted by atomic mass is 16.5. The van der Waals surface area contributed by atoms with Crippen LogP contribution in [0.3, 0.4) is 0 Å². The van der Waals surface area contributed by atoms with Gasteiger partial charge in [-0.25, -0.2) is 0 Å². The van der Waals surface area contributed by atoms with Gasteiger partial charge in [0.25, 0.3) is 0 Å². The third kappa shape index (κ3) is 2.76. The number of hydrogen-bond acceptors (Lipinski definition) is 3. The average molecular weight is 373 g/mol. The zero-order valence-corrected chi connectivity index (χ0v) is 16.7. The lowest BCUT2D eigenvalue weighted by Gasteiger charge is -2.46. The largest absolute Gasteiger partial charge is 0.507 e. The van der Waals surface area contributed by atoms with Crippen molar-refractivity contribution in [1.29, 1.82) is 0 Å². The molecule has 2 aromatic carbocycles. The number of para-hydroxylation sites is 1. The van der Waals surface area contributed by atoms with E-state index < -0.39 is 0 Å². The van der Waals surface area contributed by atoms with Crippen LogP contribution in [-0.2, 0) is 19.3 Å². The van der Waals surface area contributed by atoms with Crippen molar-refractivity contribution in [3.63, 3.8) is 0 Å². The van der Waals surface area contributed by atoms with Gasteiger partial charge in [0.2, 0.25) is 0 Å². The van der Waals surface area contributed by atoms with E-state index in [9.17, 15) is 5.11 Å². The van der Waals surface area contributed by atoms with Gasteiger partial charge in [-0.15, -0.1) is 0 Å². The molecule has 1 aromatic heterocycles. The molecule has 1 aliphatic heterocycles. The number of phenolic OH excluding ortho intramolecular Hbond substituents is 1. The molecule has 0 radical (unpaired) electrons. The first-order valence-corrected chi connectivity index (χ1v) is 10.4. The molecule has 2 aliphatic rings. The molecule has 3 aromatic rings. The smallest absolute Gasteiger partial charge is 0.127 e. The summed E-state index contributed by atoms with van der Waals surface area (Å²) in [6, 6.07) is 12.4. The van der Waals surface area contributed by atoms with Crippen molar-refractivity contribution in [2.75, 3.05) is 0 Å². The third-order valence-electron chi connectivity index (χ3n) is 6.86. The lowest BCUT2D eigenvalue weighted by molar-refractivity contribution is -0.0258. The second-order valence-electron chi connectivity index (χ2n) is 8.52. The molecule has 1 spiro atoms. The second-order valence-corrected chi connectivity index (χ2v) is 8.52. The first-order valence-electron chi connectivity index (χ1n) is 10.4. The third-order valence-corrected chi connectivity index (χ3v) is 6.86. The summed E-state index contributed by atoms with van der Waals surface area (Å²) < 4.78 is 6.55. The summed E-state index contributed by atoms with van der Waals surface area (Å²) >= 11 is 0. The molecule has 1 saturated carbocycles. The number of nitrogens with zero attached hydrogens (tertiary/aromatic N) is 1. The quantitative estimate of drug-likeness (QED) is 0.651. The minimum atomic E-state index is 0.0678. The van der Waals surface area contributed by atoms with Gasteiger partial charge in [-0.2, -0.15) is 0 Å². The van der Waals surface area contributed by atoms with Crippen LogP contribution in [0.15, 0.2) is 36.4 Å². The monoisotopic (exact) mass is 373 g/mol. The Bertz CT molecular complexity index is 1070. The lowest BCUT2D eigenvalue weighted by Crippen LogP contribution is -2.46. The van der Waals surface area contributed by atoms with E-state index in [-0.39, 0.29) is 5.60 Å². The van der Waals surface area contributed by atoms with Crippen molar-refractivity contribution < 1.29 is 9.84 Å². The molecule has 2 heterocycles. The summed E-state index contributed by atoms with van der Waals surface area (Å²) in [5, 5.41) is 12.1. The number of aromatic hydroxyl groups is 1. The summed E-state index contributed by atoms with van der Waals surface area (Å²) in [7, 11) is 0. The molecular formula is C25H27NO2. The first kappa shape index (κ1) is 17.5. The Kier molecular flexibility index (Phi) is 4.08. The van der Waals surface area contributed by atoms with Crippen molar-refractivity contribution >= 4 is 10.9 Å². The minimum Gasteiger partial charge on any atom is -0.507 e. The van der Waals surface area contributed by atoms with Crippen LogP contribution >= 0.6 is 0 Å². The summed E-state index contributed by atoms with van der Waals surface area (Å²) in [5.74, 6) is 1.49. The van der Waals surface area contributed by atoms with E-state index in [0.717, 1.165) is 64.7 Å². The topological polar surface area (TPSA) is 42.4 Å². The molecule has 1 fully saturated rings. The first-order chi connectivity index (χ1) is 13.6. The summed E-state index contributed by atoms with van der Waals surface area (Å²) in [6.07, 6.45) is 7.29. The van der Waals surface area contributed by atoms with Gasteiger partial charge in [-0.3, -0.25) is 4.98 Å². The number of phenols is 1. The molecule has 0 amide bonds. The summed E-state index contributed by atoms with van der Waals surface area (Å²) in [5.41, 5.74) is 6.49. The van der Waals surface area contributed by atoms with Gasteiger partial charge >= 0.3 is 0 Å². The molecule has 1 N–H and O–H groups in total. The highest BCUT2D eigenvalue weighted by Gasteiger charge is 2.43. The minimum absolute atomic E-state index is 0.0678. The molecule has 144 valence electrons. The number of hydrogen-bond donors (Lipinski definition) is 1. The zero-order chi connectivity index (χ0) is 19.3. The van der Waals surface area contributed by atoms with Crippen LogP contribution in [0.1, 0.15) is 53.6 Å². The maximum absolute atomic E-state index is 10.9. The Morgan fingerprint density at radius 3 is 2.61 bits per heavy atom. The lowest BCUT2D eigenvalue weighted by atomic mass is 9.73. The van der Waals surface area contributed by atoms with E-state index in [1.165, 1.54) is 24.8 Å². The Hall–Kier alpha value is -2.55. The SMILES string of the molecule is Cc1c(O)c(CCc2ccc3ccccc3n2)c(C)c2c1CCC1(CCC1)O2. The van der Waals surface area contributed by atoms with Crippen LogP contribution in [-0.4, -0.2) is 15.7 Å². The van der Waals surface area contributed by atoms with Crippen molar-refractivity contribution in [3.8, 4) is 11.5 Å². The van der Waals surface area contributed by atoms with Crippen molar-refractivity contribution in [3.05, 3.63) is 64.3 Å². The van der Waals surface area contributed by atoms with E-state index >= 15 is 0 Å². The Morgan fingerprint density at radius 2 is 1.82 bits per heavy atom. The van der Waals surface area contributed by atoms with Gasteiger partial charge in [0.05, 0.1) is 5.52 Å². The fraction of sp³-hybridized carbons (Fsp3) is 0.400. The van der Waals surface area contributed by atoms with E-state index in [2.05, 4.69) is 31.2 Å². The van der Waals surface area contributed by atoms with Crippen LogP contribution < -0.4 is 4.74 Å². The maximum Gasteiger partial charge on any atom is 0.127 e. The predicted octanol–water partition coefficient (Wildman–Crippen LogP) is 5.59. The fourth-order valence-electron chi connectivity index (χ4n) is 4.87. The number of rotatable bonds is 3. The molecule has 3 heteroatoms. The Balaban J connectivity index is 1.46. The van der Waals surface area contributed by atoms with Crippen LogP contribution in [0, 0.1) is 13.8 Å². The van der Waals surface area contributed by atoms with Crippen molar-refractivity contribution in [2.24, 2.45) is 0 Å². The molecular weight excluding hydrogens is 346 g/mol. The van der Waals surface area contributed by atoms with Gasteiger partial charge in [-0.05, 0) is 82.1 Å². The average Bonchev–Trinajstić information content (AvgIpc) is 2.70. The second kappa shape index (κ2) is 6.51. The fourth-order valence-corrected chi connectivity index (χ4v) is 4.87. The van der Waals surface area contributed by atoms with Gasteiger partial charge in [0, 0.05) is 22.2 Å². The highest BCUT2D eigenvalue weighted by molar-refractivity contribution is 5.78. The molecule has 3 nitrogen and oxygen atoms in total. The number of fused-ring (bicyclic) bond motifs is 2. The van der Waals surface area contributed by atoms with Crippen LogP contribution in [0.5, 0.6) is 11.5 Å². The molecule has 5 rings (SSSR count).